The van der Waals surface area contributed by atoms with Crippen molar-refractivity contribution < 1.29 is 9.21 Å². The van der Waals surface area contributed by atoms with Gasteiger partial charge in [0, 0.05) is 31.5 Å². The average molecular weight is 392 g/mol. The Morgan fingerprint density at radius 1 is 1.18 bits per heavy atom. The number of rotatable bonds is 8. The third-order valence-corrected chi connectivity index (χ3v) is 4.95. The number of carbonyl (C=O) groups is 1. The molecule has 0 unspecified atom stereocenters. The fraction of sp³-hybridized carbons (Fsp3) is 0.762. The molecule has 1 saturated carbocycles. The van der Waals surface area contributed by atoms with E-state index in [-0.39, 0.29) is 11.3 Å². The Morgan fingerprint density at radius 3 is 2.54 bits per heavy atom. The fourth-order valence-corrected chi connectivity index (χ4v) is 3.33. The highest BCUT2D eigenvalue weighted by molar-refractivity contribution is 5.80. The van der Waals surface area contributed by atoms with Crippen molar-refractivity contribution in [3.63, 3.8) is 0 Å². The average Bonchev–Trinajstić information content (AvgIpc) is 3.13. The van der Waals surface area contributed by atoms with E-state index in [1.165, 1.54) is 32.1 Å². The van der Waals surface area contributed by atoms with Gasteiger partial charge in [-0.2, -0.15) is 0 Å². The molecule has 0 saturated heterocycles. The molecule has 1 aromatic rings. The van der Waals surface area contributed by atoms with Crippen molar-refractivity contribution in [1.82, 2.24) is 20.9 Å². The Hall–Kier alpha value is -2.05. The lowest BCUT2D eigenvalue weighted by Gasteiger charge is -2.20. The van der Waals surface area contributed by atoms with Crippen LogP contribution in [0.4, 0.5) is 0 Å². The van der Waals surface area contributed by atoms with E-state index in [0.717, 1.165) is 12.3 Å². The maximum absolute atomic E-state index is 12.1. The Labute approximate surface area is 169 Å². The van der Waals surface area contributed by atoms with Crippen LogP contribution in [-0.2, 0) is 16.8 Å². The van der Waals surface area contributed by atoms with Crippen LogP contribution in [0, 0.1) is 5.92 Å². The molecule has 1 aliphatic rings. The third-order valence-electron chi connectivity index (χ3n) is 4.95. The first-order valence-corrected chi connectivity index (χ1v) is 10.6. The number of nitrogens with zero attached hydrogens (tertiary/aromatic N) is 2. The fourth-order valence-electron chi connectivity index (χ4n) is 3.33. The predicted molar refractivity (Wildman–Crippen MR) is 112 cm³/mol. The number of hydrogen-bond acceptors (Lipinski definition) is 4. The van der Waals surface area contributed by atoms with Crippen molar-refractivity contribution in [2.24, 2.45) is 10.9 Å². The monoisotopic (exact) mass is 391 g/mol. The topological polar surface area (TPSA) is 91.6 Å². The second-order valence-electron chi connectivity index (χ2n) is 8.55. The summed E-state index contributed by atoms with van der Waals surface area (Å²) in [4.78, 5) is 20.9. The zero-order chi connectivity index (χ0) is 20.4. The number of amides is 1. The number of aromatic nitrogens is 1. The lowest BCUT2D eigenvalue weighted by Crippen LogP contribution is -2.41. The minimum absolute atomic E-state index is 0.0620. The first-order chi connectivity index (χ1) is 13.4. The quantitative estimate of drug-likeness (QED) is 0.360. The number of aliphatic imine (C=N–C) groups is 1. The van der Waals surface area contributed by atoms with Crippen molar-refractivity contribution in [3.05, 3.63) is 17.8 Å². The summed E-state index contributed by atoms with van der Waals surface area (Å²) in [5.41, 5.74) is -0.0620. The predicted octanol–water partition coefficient (Wildman–Crippen LogP) is 3.11. The molecule has 1 fully saturated rings. The van der Waals surface area contributed by atoms with Gasteiger partial charge in [0.2, 0.25) is 11.8 Å². The van der Waals surface area contributed by atoms with Gasteiger partial charge in [0.15, 0.2) is 5.96 Å². The maximum atomic E-state index is 12.1. The van der Waals surface area contributed by atoms with Crippen molar-refractivity contribution in [1.29, 1.82) is 0 Å². The van der Waals surface area contributed by atoms with E-state index in [1.807, 2.05) is 6.92 Å². The van der Waals surface area contributed by atoms with Crippen molar-refractivity contribution in [3.8, 4) is 0 Å². The van der Waals surface area contributed by atoms with Crippen LogP contribution in [0.2, 0.25) is 0 Å². The van der Waals surface area contributed by atoms with Crippen LogP contribution < -0.4 is 16.0 Å². The summed E-state index contributed by atoms with van der Waals surface area (Å²) in [6, 6.07) is 0. The van der Waals surface area contributed by atoms with Gasteiger partial charge in [-0.3, -0.25) is 4.79 Å². The second kappa shape index (κ2) is 11.1. The molecular weight excluding hydrogens is 354 g/mol. The molecule has 28 heavy (non-hydrogen) atoms. The van der Waals surface area contributed by atoms with Gasteiger partial charge in [0.25, 0.3) is 0 Å². The van der Waals surface area contributed by atoms with Gasteiger partial charge < -0.3 is 20.4 Å². The molecule has 2 rings (SSSR count). The largest absolute Gasteiger partial charge is 0.443 e. The zero-order valence-electron chi connectivity index (χ0n) is 17.9. The number of carbonyl (C=O) groups excluding carboxylic acids is 1. The highest BCUT2D eigenvalue weighted by atomic mass is 16.4. The van der Waals surface area contributed by atoms with E-state index in [1.54, 1.807) is 6.20 Å². The SMILES string of the molecule is CCNC(=NCc1ncc(C(C)(C)C)o1)NCCNC(=O)CC1CCCCC1. The maximum Gasteiger partial charge on any atom is 0.220 e. The lowest BCUT2D eigenvalue weighted by atomic mass is 9.87. The van der Waals surface area contributed by atoms with Crippen molar-refractivity contribution >= 4 is 11.9 Å². The summed E-state index contributed by atoms with van der Waals surface area (Å²) in [5, 5.41) is 9.45. The van der Waals surface area contributed by atoms with E-state index >= 15 is 0 Å². The third kappa shape index (κ3) is 7.90. The van der Waals surface area contributed by atoms with Gasteiger partial charge in [-0.05, 0) is 25.7 Å². The van der Waals surface area contributed by atoms with E-state index in [9.17, 15) is 4.79 Å². The first-order valence-electron chi connectivity index (χ1n) is 10.6. The molecule has 0 spiro atoms. The Kier molecular flexibility index (Phi) is 8.80. The highest BCUT2D eigenvalue weighted by Crippen LogP contribution is 2.26. The minimum atomic E-state index is -0.0620. The summed E-state index contributed by atoms with van der Waals surface area (Å²) >= 11 is 0. The molecule has 0 atom stereocenters. The molecule has 1 amide bonds. The molecule has 1 heterocycles. The van der Waals surface area contributed by atoms with Crippen LogP contribution in [-0.4, -0.2) is 36.5 Å². The molecule has 1 aromatic heterocycles. The first kappa shape index (κ1) is 22.2. The highest BCUT2D eigenvalue weighted by Gasteiger charge is 2.19. The molecule has 7 heteroatoms. The van der Waals surface area contributed by atoms with Gasteiger partial charge in [-0.1, -0.05) is 40.0 Å². The normalized spacial score (nSPS) is 16.1. The number of guanidine groups is 1. The van der Waals surface area contributed by atoms with E-state index < -0.39 is 0 Å². The summed E-state index contributed by atoms with van der Waals surface area (Å²) in [6.45, 7) is 10.6. The molecule has 0 aliphatic heterocycles. The van der Waals surface area contributed by atoms with Crippen LogP contribution >= 0.6 is 0 Å². The molecule has 7 nitrogen and oxygen atoms in total. The van der Waals surface area contributed by atoms with E-state index in [2.05, 4.69) is 46.7 Å². The van der Waals surface area contributed by atoms with Gasteiger partial charge in [0.1, 0.15) is 12.3 Å². The molecule has 3 N–H and O–H groups in total. The second-order valence-corrected chi connectivity index (χ2v) is 8.55. The Balaban J connectivity index is 1.72. The van der Waals surface area contributed by atoms with Crippen molar-refractivity contribution in [2.45, 2.75) is 78.2 Å². The summed E-state index contributed by atoms with van der Waals surface area (Å²) in [5.74, 6) is 2.88. The number of hydrogen-bond donors (Lipinski definition) is 3. The summed E-state index contributed by atoms with van der Waals surface area (Å²) < 4.78 is 5.78. The van der Waals surface area contributed by atoms with Gasteiger partial charge in [0.05, 0.1) is 6.20 Å². The number of nitrogens with one attached hydrogen (secondary N) is 3. The van der Waals surface area contributed by atoms with Crippen LogP contribution in [0.1, 0.15) is 77.9 Å². The zero-order valence-corrected chi connectivity index (χ0v) is 17.9. The number of oxazole rings is 1. The summed E-state index contributed by atoms with van der Waals surface area (Å²) in [7, 11) is 0. The van der Waals surface area contributed by atoms with E-state index in [0.29, 0.717) is 43.8 Å². The Bertz CT molecular complexity index is 627. The molecule has 0 bridgehead atoms. The van der Waals surface area contributed by atoms with Crippen molar-refractivity contribution in [2.75, 3.05) is 19.6 Å². The van der Waals surface area contributed by atoms with Gasteiger partial charge in [-0.15, -0.1) is 0 Å². The van der Waals surface area contributed by atoms with Gasteiger partial charge in [-0.25, -0.2) is 9.98 Å². The molecule has 0 aromatic carbocycles. The standard InChI is InChI=1S/C21H37N5O2/c1-5-22-20(26-15-19-25-14-17(28-19)21(2,3)4)24-12-11-23-18(27)13-16-9-7-6-8-10-16/h14,16H,5-13,15H2,1-4H3,(H,23,27)(H2,22,24,26). The molecule has 158 valence electrons. The molecule has 1 aliphatic carbocycles. The van der Waals surface area contributed by atoms with Crippen LogP contribution in [0.25, 0.3) is 0 Å². The molecule has 0 radical (unpaired) electrons. The van der Waals surface area contributed by atoms with E-state index in [4.69, 9.17) is 4.42 Å². The van der Waals surface area contributed by atoms with Crippen LogP contribution in [0.5, 0.6) is 0 Å². The minimum Gasteiger partial charge on any atom is -0.443 e. The van der Waals surface area contributed by atoms with Gasteiger partial charge >= 0.3 is 0 Å². The van der Waals surface area contributed by atoms with Crippen LogP contribution in [0.3, 0.4) is 0 Å². The van der Waals surface area contributed by atoms with Crippen LogP contribution in [0.15, 0.2) is 15.6 Å². The molecular formula is C21H37N5O2. The summed E-state index contributed by atoms with van der Waals surface area (Å²) in [6.07, 6.45) is 8.68. The Morgan fingerprint density at radius 2 is 1.89 bits per heavy atom. The lowest BCUT2D eigenvalue weighted by molar-refractivity contribution is -0.122. The smallest absolute Gasteiger partial charge is 0.220 e.